The molecule has 7 heteroatoms. The summed E-state index contributed by atoms with van der Waals surface area (Å²) in [6.45, 7) is 1.90. The fraction of sp³-hybridized carbons (Fsp3) is 0.188. The molecule has 0 amide bonds. The van der Waals surface area contributed by atoms with Gasteiger partial charge in [-0.15, -0.1) is 0 Å². The molecular weight excluding hydrogens is 382 g/mol. The van der Waals surface area contributed by atoms with Gasteiger partial charge in [-0.25, -0.2) is 13.2 Å². The van der Waals surface area contributed by atoms with Gasteiger partial charge in [0.15, 0.2) is 0 Å². The van der Waals surface area contributed by atoms with Crippen LogP contribution in [0, 0.1) is 0 Å². The highest BCUT2D eigenvalue weighted by atomic mass is 79.9. The first-order chi connectivity index (χ1) is 10.9. The zero-order valence-corrected chi connectivity index (χ0v) is 15.1. The van der Waals surface area contributed by atoms with Crippen molar-refractivity contribution < 1.29 is 17.9 Å². The number of sulfonamides is 1. The molecule has 2 rings (SSSR count). The van der Waals surface area contributed by atoms with Gasteiger partial charge in [-0.05, 0) is 43.3 Å². The zero-order valence-electron chi connectivity index (χ0n) is 12.7. The Bertz CT molecular complexity index is 803. The molecule has 2 aromatic carbocycles. The number of hydrogen-bond donors (Lipinski definition) is 0. The Kier molecular flexibility index (Phi) is 5.43. The minimum atomic E-state index is -3.78. The number of halogens is 1. The van der Waals surface area contributed by atoms with Crippen molar-refractivity contribution in [3.05, 3.63) is 58.6 Å². The number of ether oxygens (including phenoxy) is 1. The van der Waals surface area contributed by atoms with E-state index in [4.69, 9.17) is 4.74 Å². The Balaban J connectivity index is 2.56. The second-order valence-corrected chi connectivity index (χ2v) is 7.41. The minimum Gasteiger partial charge on any atom is -0.465 e. The Morgan fingerprint density at radius 3 is 2.30 bits per heavy atom. The lowest BCUT2D eigenvalue weighted by Gasteiger charge is -2.24. The summed E-state index contributed by atoms with van der Waals surface area (Å²) in [5.41, 5.74) is 0.502. The summed E-state index contributed by atoms with van der Waals surface area (Å²) in [6.07, 6.45) is 0. The largest absolute Gasteiger partial charge is 0.465 e. The van der Waals surface area contributed by atoms with Crippen LogP contribution in [0.1, 0.15) is 17.3 Å². The summed E-state index contributed by atoms with van der Waals surface area (Å²) >= 11 is 3.28. The molecule has 0 unspecified atom stereocenters. The van der Waals surface area contributed by atoms with Crippen LogP contribution < -0.4 is 4.31 Å². The third kappa shape index (κ3) is 3.56. The minimum absolute atomic E-state index is 0.155. The number of esters is 1. The van der Waals surface area contributed by atoms with Crippen LogP contribution in [-0.4, -0.2) is 28.0 Å². The first-order valence-corrected chi connectivity index (χ1v) is 9.10. The van der Waals surface area contributed by atoms with Gasteiger partial charge in [-0.2, -0.15) is 0 Å². The van der Waals surface area contributed by atoms with Gasteiger partial charge in [-0.1, -0.05) is 28.1 Å². The van der Waals surface area contributed by atoms with Crippen molar-refractivity contribution in [3.8, 4) is 0 Å². The van der Waals surface area contributed by atoms with Crippen molar-refractivity contribution in [2.24, 2.45) is 0 Å². The molecule has 0 saturated carbocycles. The van der Waals surface area contributed by atoms with E-state index in [0.717, 1.165) is 4.47 Å². The lowest BCUT2D eigenvalue weighted by Crippen LogP contribution is -2.32. The molecule has 0 atom stereocenters. The fourth-order valence-corrected chi connectivity index (χ4v) is 3.93. The molecule has 0 spiro atoms. The molecule has 122 valence electrons. The molecule has 0 fully saturated rings. The van der Waals surface area contributed by atoms with Gasteiger partial charge < -0.3 is 4.74 Å². The summed E-state index contributed by atoms with van der Waals surface area (Å²) in [5, 5.41) is 0. The smallest absolute Gasteiger partial charge is 0.340 e. The van der Waals surface area contributed by atoms with Crippen molar-refractivity contribution >= 4 is 37.6 Å². The maximum Gasteiger partial charge on any atom is 0.340 e. The van der Waals surface area contributed by atoms with Crippen LogP contribution in [0.4, 0.5) is 5.69 Å². The van der Waals surface area contributed by atoms with E-state index in [9.17, 15) is 13.2 Å². The van der Waals surface area contributed by atoms with Gasteiger partial charge in [0.25, 0.3) is 10.0 Å². The maximum atomic E-state index is 12.9. The number of para-hydroxylation sites is 1. The highest BCUT2D eigenvalue weighted by Gasteiger charge is 2.27. The van der Waals surface area contributed by atoms with Crippen molar-refractivity contribution in [2.75, 3.05) is 18.0 Å². The number of carbonyl (C=O) groups excluding carboxylic acids is 1. The quantitative estimate of drug-likeness (QED) is 0.724. The average Bonchev–Trinajstić information content (AvgIpc) is 2.55. The highest BCUT2D eigenvalue weighted by molar-refractivity contribution is 9.10. The summed E-state index contributed by atoms with van der Waals surface area (Å²) < 4.78 is 32.5. The van der Waals surface area contributed by atoms with Crippen molar-refractivity contribution in [1.82, 2.24) is 0 Å². The van der Waals surface area contributed by atoms with Crippen LogP contribution in [0.15, 0.2) is 57.9 Å². The van der Waals surface area contributed by atoms with Crippen molar-refractivity contribution in [1.29, 1.82) is 0 Å². The summed E-state index contributed by atoms with van der Waals surface area (Å²) in [7, 11) is -2.52. The lowest BCUT2D eigenvalue weighted by molar-refractivity contribution is 0.0601. The number of rotatable bonds is 5. The third-order valence-corrected chi connectivity index (χ3v) is 5.70. The van der Waals surface area contributed by atoms with Crippen LogP contribution in [0.3, 0.4) is 0 Å². The van der Waals surface area contributed by atoms with E-state index in [1.165, 1.54) is 23.5 Å². The van der Waals surface area contributed by atoms with E-state index < -0.39 is 16.0 Å². The molecule has 0 radical (unpaired) electrons. The molecule has 5 nitrogen and oxygen atoms in total. The maximum absolute atomic E-state index is 12.9. The molecule has 0 N–H and O–H groups in total. The van der Waals surface area contributed by atoms with Crippen LogP contribution in [-0.2, 0) is 14.8 Å². The first kappa shape index (κ1) is 17.5. The van der Waals surface area contributed by atoms with E-state index in [1.54, 1.807) is 43.3 Å². The number of methoxy groups -OCH3 is 1. The lowest BCUT2D eigenvalue weighted by atomic mass is 10.2. The zero-order chi connectivity index (χ0) is 17.0. The molecule has 0 heterocycles. The molecule has 0 bridgehead atoms. The fourth-order valence-electron chi connectivity index (χ4n) is 2.18. The topological polar surface area (TPSA) is 63.7 Å². The highest BCUT2D eigenvalue weighted by Crippen LogP contribution is 2.28. The SMILES string of the molecule is CCN(c1ccccc1C(=O)OC)S(=O)(=O)c1ccc(Br)cc1. The predicted molar refractivity (Wildman–Crippen MR) is 92.1 cm³/mol. The van der Waals surface area contributed by atoms with Gasteiger partial charge in [0.05, 0.1) is 23.3 Å². The van der Waals surface area contributed by atoms with Gasteiger partial charge >= 0.3 is 5.97 Å². The number of anilines is 1. The van der Waals surface area contributed by atoms with Crippen LogP contribution >= 0.6 is 15.9 Å². The van der Waals surface area contributed by atoms with Gasteiger partial charge in [0.1, 0.15) is 0 Å². The second-order valence-electron chi connectivity index (χ2n) is 4.63. The first-order valence-electron chi connectivity index (χ1n) is 6.87. The van der Waals surface area contributed by atoms with Gasteiger partial charge in [0.2, 0.25) is 0 Å². The number of carbonyl (C=O) groups is 1. The summed E-state index contributed by atoms with van der Waals surface area (Å²) in [4.78, 5) is 12.1. The van der Waals surface area contributed by atoms with E-state index in [1.807, 2.05) is 0 Å². The molecule has 0 aliphatic heterocycles. The second kappa shape index (κ2) is 7.14. The number of hydrogen-bond acceptors (Lipinski definition) is 4. The molecule has 2 aromatic rings. The van der Waals surface area contributed by atoms with Crippen LogP contribution in [0.25, 0.3) is 0 Å². The Morgan fingerprint density at radius 1 is 1.13 bits per heavy atom. The van der Waals surface area contributed by atoms with Crippen molar-refractivity contribution in [3.63, 3.8) is 0 Å². The van der Waals surface area contributed by atoms with E-state index in [-0.39, 0.29) is 17.0 Å². The molecule has 23 heavy (non-hydrogen) atoms. The summed E-state index contributed by atoms with van der Waals surface area (Å²) in [6, 6.07) is 12.8. The number of benzene rings is 2. The molecule has 0 aliphatic carbocycles. The molecular formula is C16H16BrNO4S. The van der Waals surface area contributed by atoms with Crippen LogP contribution in [0.5, 0.6) is 0 Å². The van der Waals surface area contributed by atoms with E-state index >= 15 is 0 Å². The standard InChI is InChI=1S/C16H16BrNO4S/c1-3-18(15-7-5-4-6-14(15)16(19)22-2)23(20,21)13-10-8-12(17)9-11-13/h4-11H,3H2,1-2H3. The van der Waals surface area contributed by atoms with E-state index in [0.29, 0.717) is 5.69 Å². The normalized spacial score (nSPS) is 11.1. The van der Waals surface area contributed by atoms with Gasteiger partial charge in [0, 0.05) is 11.0 Å². The third-order valence-electron chi connectivity index (χ3n) is 3.27. The Hall–Kier alpha value is -1.86. The summed E-state index contributed by atoms with van der Waals surface area (Å²) in [5.74, 6) is -0.579. The van der Waals surface area contributed by atoms with Gasteiger partial charge in [-0.3, -0.25) is 4.31 Å². The van der Waals surface area contributed by atoms with E-state index in [2.05, 4.69) is 15.9 Å². The molecule has 0 saturated heterocycles. The molecule has 0 aromatic heterocycles. The Morgan fingerprint density at radius 2 is 1.74 bits per heavy atom. The monoisotopic (exact) mass is 397 g/mol. The average molecular weight is 398 g/mol. The van der Waals surface area contributed by atoms with Crippen LogP contribution in [0.2, 0.25) is 0 Å². The number of nitrogens with zero attached hydrogens (tertiary/aromatic N) is 1. The Labute approximate surface area is 144 Å². The van der Waals surface area contributed by atoms with Crippen molar-refractivity contribution in [2.45, 2.75) is 11.8 Å². The predicted octanol–water partition coefficient (Wildman–Crippen LogP) is 3.45. The molecule has 0 aliphatic rings.